The van der Waals surface area contributed by atoms with Crippen LogP contribution in [0.5, 0.6) is 0 Å². The standard InChI is InChI=1S/C37H73NO6S/c1-3-5-7-9-11-13-15-17-18-20-21-23-25-27-29-31-35(39)34(33-45(42,43)44)38-37(41)36(40)32-30-28-26-24-22-19-16-14-12-10-8-6-4-2/h29,31,34-36,39-40H,3-28,30,32-33H2,1-2H3,(H,38,41)(H,42,43,44)/b31-29+. The molecule has 0 aromatic carbocycles. The van der Waals surface area contributed by atoms with Crippen LogP contribution in [0, 0.1) is 0 Å². The van der Waals surface area contributed by atoms with E-state index in [1.54, 1.807) is 6.08 Å². The van der Waals surface area contributed by atoms with Crippen molar-refractivity contribution in [2.24, 2.45) is 0 Å². The summed E-state index contributed by atoms with van der Waals surface area (Å²) in [6, 6.07) is -1.23. The molecule has 268 valence electrons. The van der Waals surface area contributed by atoms with Crippen LogP contribution in [0.2, 0.25) is 0 Å². The van der Waals surface area contributed by atoms with Gasteiger partial charge in [0.1, 0.15) is 6.10 Å². The van der Waals surface area contributed by atoms with Gasteiger partial charge in [0.2, 0.25) is 5.91 Å². The zero-order chi connectivity index (χ0) is 33.4. The molecule has 0 fully saturated rings. The fraction of sp³-hybridized carbons (Fsp3) is 0.919. The van der Waals surface area contributed by atoms with E-state index in [0.29, 0.717) is 6.42 Å². The average Bonchev–Trinajstić information content (AvgIpc) is 3.00. The Morgan fingerprint density at radius 3 is 1.33 bits per heavy atom. The lowest BCUT2D eigenvalue weighted by Gasteiger charge is -2.22. The first kappa shape index (κ1) is 44.0. The topological polar surface area (TPSA) is 124 Å². The fourth-order valence-corrected chi connectivity index (χ4v) is 6.60. The minimum atomic E-state index is -4.43. The molecule has 7 nitrogen and oxygen atoms in total. The maximum atomic E-state index is 12.5. The molecule has 0 aliphatic carbocycles. The number of allylic oxidation sites excluding steroid dienone is 1. The number of rotatable bonds is 34. The molecular weight excluding hydrogens is 586 g/mol. The SMILES string of the molecule is CCCCCCCCCCCCCCC/C=C/C(O)C(CS(=O)(=O)O)NC(=O)C(O)CCCCCCCCCCCCCCC. The number of amides is 1. The van der Waals surface area contributed by atoms with Crippen LogP contribution < -0.4 is 5.32 Å². The van der Waals surface area contributed by atoms with Crippen LogP contribution in [0.1, 0.15) is 194 Å². The van der Waals surface area contributed by atoms with Gasteiger partial charge in [-0.3, -0.25) is 9.35 Å². The molecule has 0 aromatic heterocycles. The first-order valence-corrected chi connectivity index (χ1v) is 20.6. The fourth-order valence-electron chi connectivity index (χ4n) is 5.87. The minimum Gasteiger partial charge on any atom is -0.387 e. The van der Waals surface area contributed by atoms with Crippen LogP contribution in [0.15, 0.2) is 12.2 Å². The van der Waals surface area contributed by atoms with Crippen molar-refractivity contribution in [3.63, 3.8) is 0 Å². The predicted molar refractivity (Wildman–Crippen MR) is 190 cm³/mol. The molecule has 0 spiro atoms. The summed E-state index contributed by atoms with van der Waals surface area (Å²) in [6.45, 7) is 4.49. The van der Waals surface area contributed by atoms with Crippen LogP contribution in [-0.2, 0) is 14.9 Å². The van der Waals surface area contributed by atoms with E-state index in [2.05, 4.69) is 19.2 Å². The molecule has 0 rings (SSSR count). The summed E-state index contributed by atoms with van der Waals surface area (Å²) in [5.41, 5.74) is 0. The van der Waals surface area contributed by atoms with E-state index >= 15 is 0 Å². The Labute approximate surface area is 278 Å². The quantitative estimate of drug-likeness (QED) is 0.0310. The maximum Gasteiger partial charge on any atom is 0.267 e. The molecule has 45 heavy (non-hydrogen) atoms. The molecule has 4 N–H and O–H groups in total. The Kier molecular flexibility index (Phi) is 31.0. The van der Waals surface area contributed by atoms with Gasteiger partial charge < -0.3 is 15.5 Å². The molecule has 1 amide bonds. The van der Waals surface area contributed by atoms with Gasteiger partial charge in [-0.25, -0.2) is 0 Å². The number of aliphatic hydroxyl groups is 2. The second-order valence-electron chi connectivity index (χ2n) is 13.4. The second-order valence-corrected chi connectivity index (χ2v) is 14.9. The predicted octanol–water partition coefficient (Wildman–Crippen LogP) is 9.60. The lowest BCUT2D eigenvalue weighted by atomic mass is 10.0. The van der Waals surface area contributed by atoms with Gasteiger partial charge in [0.15, 0.2) is 0 Å². The Hall–Kier alpha value is -0.960. The summed E-state index contributed by atoms with van der Waals surface area (Å²) in [5.74, 6) is -1.53. The van der Waals surface area contributed by atoms with Gasteiger partial charge in [-0.15, -0.1) is 0 Å². The van der Waals surface area contributed by atoms with Crippen LogP contribution in [0.25, 0.3) is 0 Å². The van der Waals surface area contributed by atoms with Crippen molar-refractivity contribution >= 4 is 16.0 Å². The van der Waals surface area contributed by atoms with Crippen molar-refractivity contribution in [3.05, 3.63) is 12.2 Å². The Morgan fingerprint density at radius 2 is 0.956 bits per heavy atom. The number of carbonyl (C=O) groups excluding carboxylic acids is 1. The molecule has 0 aliphatic rings. The molecule has 0 aromatic rings. The zero-order valence-corrected chi connectivity index (χ0v) is 30.2. The highest BCUT2D eigenvalue weighted by Crippen LogP contribution is 2.15. The van der Waals surface area contributed by atoms with Gasteiger partial charge in [-0.2, -0.15) is 8.42 Å². The van der Waals surface area contributed by atoms with E-state index in [1.165, 1.54) is 134 Å². The molecule has 0 saturated carbocycles. The van der Waals surface area contributed by atoms with Gasteiger partial charge >= 0.3 is 0 Å². The second kappa shape index (κ2) is 31.6. The summed E-state index contributed by atoms with van der Waals surface area (Å²) < 4.78 is 32.4. The third kappa shape index (κ3) is 31.4. The molecule has 0 heterocycles. The summed E-state index contributed by atoms with van der Waals surface area (Å²) in [4.78, 5) is 12.5. The van der Waals surface area contributed by atoms with E-state index in [0.717, 1.165) is 38.5 Å². The minimum absolute atomic E-state index is 0.285. The number of hydrogen-bond donors (Lipinski definition) is 4. The van der Waals surface area contributed by atoms with Crippen LogP contribution in [-0.4, -0.2) is 53.1 Å². The van der Waals surface area contributed by atoms with Crippen molar-refractivity contribution in [1.82, 2.24) is 5.32 Å². The van der Waals surface area contributed by atoms with Gasteiger partial charge in [-0.05, 0) is 19.3 Å². The van der Waals surface area contributed by atoms with E-state index in [4.69, 9.17) is 0 Å². The number of nitrogens with one attached hydrogen (secondary N) is 1. The number of aliphatic hydroxyl groups excluding tert-OH is 2. The molecule has 3 atom stereocenters. The Balaban J connectivity index is 4.09. The third-order valence-electron chi connectivity index (χ3n) is 8.82. The smallest absolute Gasteiger partial charge is 0.267 e. The molecular formula is C37H73NO6S. The van der Waals surface area contributed by atoms with Crippen LogP contribution in [0.4, 0.5) is 0 Å². The van der Waals surface area contributed by atoms with Crippen LogP contribution >= 0.6 is 0 Å². The summed E-state index contributed by atoms with van der Waals surface area (Å²) in [6.07, 6.45) is 34.0. The number of hydrogen-bond acceptors (Lipinski definition) is 5. The molecule has 0 radical (unpaired) electrons. The van der Waals surface area contributed by atoms with Crippen molar-refractivity contribution in [2.75, 3.05) is 5.75 Å². The zero-order valence-electron chi connectivity index (χ0n) is 29.4. The molecule has 0 saturated heterocycles. The lowest BCUT2D eigenvalue weighted by Crippen LogP contribution is -2.50. The molecule has 0 aliphatic heterocycles. The monoisotopic (exact) mass is 660 g/mol. The maximum absolute atomic E-state index is 12.5. The van der Waals surface area contributed by atoms with Crippen molar-refractivity contribution in [3.8, 4) is 0 Å². The summed E-state index contributed by atoms with van der Waals surface area (Å²) >= 11 is 0. The molecule has 3 unspecified atom stereocenters. The highest BCUT2D eigenvalue weighted by atomic mass is 32.2. The van der Waals surface area contributed by atoms with E-state index in [1.807, 2.05) is 0 Å². The normalized spacial score (nSPS) is 14.2. The van der Waals surface area contributed by atoms with E-state index < -0.39 is 40.0 Å². The van der Waals surface area contributed by atoms with Gasteiger partial charge in [0.25, 0.3) is 10.1 Å². The first-order valence-electron chi connectivity index (χ1n) is 19.0. The largest absolute Gasteiger partial charge is 0.387 e. The number of unbranched alkanes of at least 4 members (excludes halogenated alkanes) is 25. The van der Waals surface area contributed by atoms with E-state index in [9.17, 15) is 28.0 Å². The van der Waals surface area contributed by atoms with Crippen LogP contribution in [0.3, 0.4) is 0 Å². The highest BCUT2D eigenvalue weighted by molar-refractivity contribution is 7.85. The number of carbonyl (C=O) groups is 1. The first-order chi connectivity index (χ1) is 21.7. The summed E-state index contributed by atoms with van der Waals surface area (Å²) in [7, 11) is -4.43. The lowest BCUT2D eigenvalue weighted by molar-refractivity contribution is -0.130. The average molecular weight is 660 g/mol. The Bertz CT molecular complexity index is 788. The van der Waals surface area contributed by atoms with Crippen molar-refractivity contribution in [1.29, 1.82) is 0 Å². The van der Waals surface area contributed by atoms with Gasteiger partial charge in [0, 0.05) is 0 Å². The molecule has 8 heteroatoms. The van der Waals surface area contributed by atoms with Gasteiger partial charge in [0.05, 0.1) is 17.9 Å². The Morgan fingerprint density at radius 1 is 0.600 bits per heavy atom. The van der Waals surface area contributed by atoms with E-state index in [-0.39, 0.29) is 6.42 Å². The van der Waals surface area contributed by atoms with Crippen molar-refractivity contribution in [2.45, 2.75) is 212 Å². The summed E-state index contributed by atoms with van der Waals surface area (Å²) in [5, 5.41) is 23.3. The molecule has 0 bridgehead atoms. The van der Waals surface area contributed by atoms with Gasteiger partial charge in [-0.1, -0.05) is 187 Å². The third-order valence-corrected chi connectivity index (χ3v) is 9.60. The highest BCUT2D eigenvalue weighted by Gasteiger charge is 2.27. The van der Waals surface area contributed by atoms with Crippen molar-refractivity contribution < 1.29 is 28.0 Å².